The molecule has 0 radical (unpaired) electrons. The molecule has 1 amide bonds. The van der Waals surface area contributed by atoms with E-state index in [9.17, 15) is 13.2 Å². The lowest BCUT2D eigenvalue weighted by Gasteiger charge is -2.35. The maximum absolute atomic E-state index is 13.1. The van der Waals surface area contributed by atoms with E-state index in [0.29, 0.717) is 24.2 Å². The summed E-state index contributed by atoms with van der Waals surface area (Å²) in [6, 6.07) is 14.7. The van der Waals surface area contributed by atoms with Crippen molar-refractivity contribution in [1.29, 1.82) is 0 Å². The van der Waals surface area contributed by atoms with E-state index in [0.717, 1.165) is 30.6 Å². The van der Waals surface area contributed by atoms with Crippen LogP contribution in [0.1, 0.15) is 5.56 Å². The van der Waals surface area contributed by atoms with Gasteiger partial charge in [0.15, 0.2) is 0 Å². The van der Waals surface area contributed by atoms with E-state index in [1.165, 1.54) is 4.31 Å². The quantitative estimate of drug-likeness (QED) is 0.644. The Morgan fingerprint density at radius 2 is 1.73 bits per heavy atom. The largest absolute Gasteiger partial charge is 0.339 e. The Labute approximate surface area is 175 Å². The molecule has 0 aliphatic carbocycles. The van der Waals surface area contributed by atoms with Crippen molar-refractivity contribution in [2.75, 3.05) is 37.0 Å². The molecule has 30 heavy (non-hydrogen) atoms. The first kappa shape index (κ1) is 19.0. The Morgan fingerprint density at radius 3 is 2.47 bits per heavy atom. The summed E-state index contributed by atoms with van der Waals surface area (Å²) in [5.41, 5.74) is 1.73. The maximum atomic E-state index is 13.1. The average molecular weight is 423 g/mol. The minimum atomic E-state index is -3.72. The predicted molar refractivity (Wildman–Crippen MR) is 115 cm³/mol. The first-order valence-electron chi connectivity index (χ1n) is 9.97. The number of aromatic nitrogens is 1. The van der Waals surface area contributed by atoms with Crippen LogP contribution in [-0.4, -0.2) is 61.8 Å². The summed E-state index contributed by atoms with van der Waals surface area (Å²) < 4.78 is 27.4. The zero-order valence-corrected chi connectivity index (χ0v) is 17.3. The summed E-state index contributed by atoms with van der Waals surface area (Å²) in [4.78, 5) is 21.4. The van der Waals surface area contributed by atoms with Gasteiger partial charge in [0.25, 0.3) is 10.0 Å². The minimum Gasteiger partial charge on any atom is -0.339 e. The van der Waals surface area contributed by atoms with Gasteiger partial charge < -0.3 is 4.90 Å². The van der Waals surface area contributed by atoms with Crippen LogP contribution in [0.2, 0.25) is 0 Å². The maximum Gasteiger partial charge on any atom is 0.265 e. The van der Waals surface area contributed by atoms with Gasteiger partial charge in [-0.1, -0.05) is 30.3 Å². The third kappa shape index (κ3) is 3.22. The summed E-state index contributed by atoms with van der Waals surface area (Å²) >= 11 is 0. The number of rotatable bonds is 4. The van der Waals surface area contributed by atoms with E-state index in [4.69, 9.17) is 0 Å². The van der Waals surface area contributed by atoms with Gasteiger partial charge in [-0.05, 0) is 29.1 Å². The zero-order valence-electron chi connectivity index (χ0n) is 16.4. The van der Waals surface area contributed by atoms with Crippen LogP contribution in [0.5, 0.6) is 0 Å². The van der Waals surface area contributed by atoms with Crippen LogP contribution in [0.15, 0.2) is 65.8 Å². The van der Waals surface area contributed by atoms with Gasteiger partial charge in [0.05, 0.1) is 10.6 Å². The highest BCUT2D eigenvalue weighted by Gasteiger charge is 2.37. The van der Waals surface area contributed by atoms with Gasteiger partial charge in [-0.15, -0.1) is 0 Å². The summed E-state index contributed by atoms with van der Waals surface area (Å²) in [5, 5.41) is 1.57. The van der Waals surface area contributed by atoms with Crippen molar-refractivity contribution in [3.05, 3.63) is 66.5 Å². The van der Waals surface area contributed by atoms with Crippen LogP contribution in [-0.2, 0) is 21.4 Å². The lowest BCUT2D eigenvalue weighted by atomic mass is 10.1. The molecule has 0 spiro atoms. The molecule has 154 valence electrons. The van der Waals surface area contributed by atoms with E-state index < -0.39 is 10.0 Å². The number of hydrogen-bond donors (Lipinski definition) is 0. The van der Waals surface area contributed by atoms with Crippen LogP contribution in [0.4, 0.5) is 5.69 Å². The lowest BCUT2D eigenvalue weighted by Crippen LogP contribution is -2.51. The van der Waals surface area contributed by atoms with E-state index in [2.05, 4.69) is 9.88 Å². The number of pyridine rings is 1. The monoisotopic (exact) mass is 422 g/mol. The second kappa shape index (κ2) is 7.37. The Kier molecular flexibility index (Phi) is 4.67. The summed E-state index contributed by atoms with van der Waals surface area (Å²) in [6.07, 6.45) is 3.61. The normalized spacial score (nSPS) is 18.1. The van der Waals surface area contributed by atoms with Crippen molar-refractivity contribution in [3.63, 3.8) is 0 Å². The Bertz CT molecular complexity index is 1200. The molecule has 1 saturated heterocycles. The molecule has 3 aromatic rings. The van der Waals surface area contributed by atoms with E-state index in [-0.39, 0.29) is 17.3 Å². The number of benzene rings is 2. The molecule has 5 rings (SSSR count). The summed E-state index contributed by atoms with van der Waals surface area (Å²) in [5.74, 6) is -0.163. The molecule has 0 saturated carbocycles. The van der Waals surface area contributed by atoms with E-state index in [1.54, 1.807) is 29.3 Å². The molecule has 1 aromatic heterocycles. The third-order valence-corrected chi connectivity index (χ3v) is 7.62. The number of amides is 1. The van der Waals surface area contributed by atoms with E-state index in [1.807, 2.05) is 36.5 Å². The molecule has 0 unspecified atom stereocenters. The topological polar surface area (TPSA) is 73.8 Å². The number of piperazine rings is 1. The van der Waals surface area contributed by atoms with Crippen molar-refractivity contribution in [2.24, 2.45) is 0 Å². The number of nitrogens with zero attached hydrogens (tertiary/aromatic N) is 4. The fourth-order valence-electron chi connectivity index (χ4n) is 4.26. The molecular weight excluding hydrogens is 400 g/mol. The van der Waals surface area contributed by atoms with Gasteiger partial charge in [0, 0.05) is 50.5 Å². The van der Waals surface area contributed by atoms with Crippen LogP contribution in [0.25, 0.3) is 10.8 Å². The number of carbonyl (C=O) groups excluding carboxylic acids is 1. The molecule has 2 aliphatic heterocycles. The van der Waals surface area contributed by atoms with Crippen molar-refractivity contribution in [3.8, 4) is 0 Å². The first-order valence-corrected chi connectivity index (χ1v) is 11.4. The Balaban J connectivity index is 1.28. The molecule has 1 fully saturated rings. The minimum absolute atomic E-state index is 0.163. The highest BCUT2D eigenvalue weighted by atomic mass is 32.2. The van der Waals surface area contributed by atoms with Crippen LogP contribution in [0, 0.1) is 0 Å². The molecule has 0 N–H and O–H groups in total. The predicted octanol–water partition coefficient (Wildman–Crippen LogP) is 2.09. The molecule has 8 heteroatoms. The average Bonchev–Trinajstić information content (AvgIpc) is 2.98. The highest BCUT2D eigenvalue weighted by Crippen LogP contribution is 2.41. The SMILES string of the molecule is O=C(CN1c2cccc3cccc(c23)S1(=O)=O)N1CCN(Cc2cccnc2)CC1. The molecule has 2 aliphatic rings. The zero-order chi connectivity index (χ0) is 20.7. The van der Waals surface area contributed by atoms with Gasteiger partial charge in [-0.25, -0.2) is 8.42 Å². The molecular formula is C22H22N4O3S. The highest BCUT2D eigenvalue weighted by molar-refractivity contribution is 7.93. The second-order valence-corrected chi connectivity index (χ2v) is 9.49. The Morgan fingerprint density at radius 1 is 0.967 bits per heavy atom. The molecule has 2 aromatic carbocycles. The van der Waals surface area contributed by atoms with E-state index >= 15 is 0 Å². The van der Waals surface area contributed by atoms with Gasteiger partial charge in [-0.3, -0.25) is 19.0 Å². The summed E-state index contributed by atoms with van der Waals surface area (Å²) in [7, 11) is -3.72. The van der Waals surface area contributed by atoms with Crippen molar-refractivity contribution in [1.82, 2.24) is 14.8 Å². The first-order chi connectivity index (χ1) is 14.5. The van der Waals surface area contributed by atoms with Gasteiger partial charge in [0.2, 0.25) is 5.91 Å². The van der Waals surface area contributed by atoms with Crippen molar-refractivity contribution >= 4 is 32.4 Å². The van der Waals surface area contributed by atoms with Crippen LogP contribution < -0.4 is 4.31 Å². The smallest absolute Gasteiger partial charge is 0.265 e. The molecule has 7 nitrogen and oxygen atoms in total. The second-order valence-electron chi connectivity index (χ2n) is 7.66. The third-order valence-electron chi connectivity index (χ3n) is 5.81. The summed E-state index contributed by atoms with van der Waals surface area (Å²) in [6.45, 7) is 3.31. The van der Waals surface area contributed by atoms with Gasteiger partial charge in [0.1, 0.15) is 6.54 Å². The standard InChI is InChI=1S/C22H22N4O3S/c27-21(25-12-10-24(11-13-25)15-17-4-3-9-23-14-17)16-26-19-7-1-5-18-6-2-8-20(22(18)19)30(26,28)29/h1-9,14H,10-13,15-16H2. The van der Waals surface area contributed by atoms with Crippen molar-refractivity contribution < 1.29 is 13.2 Å². The number of carbonyl (C=O) groups is 1. The fraction of sp³-hybridized carbons (Fsp3) is 0.273. The van der Waals surface area contributed by atoms with Gasteiger partial charge in [-0.2, -0.15) is 0 Å². The van der Waals surface area contributed by atoms with Gasteiger partial charge >= 0.3 is 0 Å². The molecule has 3 heterocycles. The molecule has 0 bridgehead atoms. The molecule has 0 atom stereocenters. The number of anilines is 1. The number of hydrogen-bond acceptors (Lipinski definition) is 5. The van der Waals surface area contributed by atoms with Crippen LogP contribution >= 0.6 is 0 Å². The van der Waals surface area contributed by atoms with Crippen molar-refractivity contribution in [2.45, 2.75) is 11.4 Å². The van der Waals surface area contributed by atoms with Crippen LogP contribution in [0.3, 0.4) is 0 Å². The lowest BCUT2D eigenvalue weighted by molar-refractivity contribution is -0.131. The fourth-order valence-corrected chi connectivity index (χ4v) is 5.92. The number of sulfonamides is 1. The Hall–Kier alpha value is -2.97.